The highest BCUT2D eigenvalue weighted by Crippen LogP contribution is 2.55. The van der Waals surface area contributed by atoms with E-state index in [0.717, 1.165) is 43.3 Å². The summed E-state index contributed by atoms with van der Waals surface area (Å²) in [4.78, 5) is 15.6. The molecule has 1 aromatic heterocycles. The van der Waals surface area contributed by atoms with Gasteiger partial charge in [0.1, 0.15) is 21.2 Å². The minimum Gasteiger partial charge on any atom is -0.511 e. The number of carbonyl (C=O) groups excluding carboxylic acids is 1. The van der Waals surface area contributed by atoms with Crippen molar-refractivity contribution in [3.63, 3.8) is 0 Å². The number of nitrogens with one attached hydrogen (secondary N) is 2. The molecule has 3 aliphatic carbocycles. The number of aliphatic hydroxyl groups excluding tert-OH is 1. The number of amidine groups is 1. The van der Waals surface area contributed by atoms with E-state index in [9.17, 15) is 26.7 Å². The molecule has 36 heavy (non-hydrogen) atoms. The molecule has 2 unspecified atom stereocenters. The van der Waals surface area contributed by atoms with Gasteiger partial charge in [-0.1, -0.05) is 19.3 Å². The second-order valence-corrected chi connectivity index (χ2v) is 15.0. The van der Waals surface area contributed by atoms with Gasteiger partial charge in [-0.05, 0) is 48.8 Å². The highest BCUT2D eigenvalue weighted by molar-refractivity contribution is 7.91. The maximum Gasteiger partial charge on any atom is 0.287 e. The lowest BCUT2D eigenvalue weighted by Gasteiger charge is -2.44. The van der Waals surface area contributed by atoms with Crippen LogP contribution >= 0.6 is 11.3 Å². The van der Waals surface area contributed by atoms with Crippen LogP contribution < -0.4 is 10.0 Å². The SMILES string of the molecule is CS(=O)(=O)NCc1csc2c1S(=O)(=O)N=C(C1=C(O)C3C([C@H]4CC[C@@H]3C4)N(CCC3CCC3)C1=O)N2. The fourth-order valence-electron chi connectivity index (χ4n) is 6.71. The van der Waals surface area contributed by atoms with E-state index in [0.29, 0.717) is 18.4 Å². The van der Waals surface area contributed by atoms with E-state index in [4.69, 9.17) is 0 Å². The van der Waals surface area contributed by atoms with E-state index in [-0.39, 0.29) is 63.0 Å². The van der Waals surface area contributed by atoms with Crippen LogP contribution in [0.1, 0.15) is 50.5 Å². The van der Waals surface area contributed by atoms with Crippen molar-refractivity contribution >= 4 is 48.1 Å². The van der Waals surface area contributed by atoms with E-state index in [2.05, 4.69) is 14.4 Å². The molecule has 0 radical (unpaired) electrons. The van der Waals surface area contributed by atoms with Gasteiger partial charge in [-0.15, -0.1) is 15.7 Å². The molecule has 0 saturated heterocycles. The summed E-state index contributed by atoms with van der Waals surface area (Å²) in [6.07, 6.45) is 8.54. The summed E-state index contributed by atoms with van der Waals surface area (Å²) < 4.78 is 55.7. The summed E-state index contributed by atoms with van der Waals surface area (Å²) in [6.45, 7) is 0.418. The summed E-state index contributed by atoms with van der Waals surface area (Å²) >= 11 is 1.10. The Morgan fingerprint density at radius 3 is 2.69 bits per heavy atom. The van der Waals surface area contributed by atoms with E-state index < -0.39 is 20.0 Å². The Morgan fingerprint density at radius 1 is 1.25 bits per heavy atom. The van der Waals surface area contributed by atoms with Crippen LogP contribution in [0.15, 0.2) is 26.0 Å². The van der Waals surface area contributed by atoms with Crippen molar-refractivity contribution in [3.8, 4) is 0 Å². The van der Waals surface area contributed by atoms with Crippen molar-refractivity contribution in [2.75, 3.05) is 18.1 Å². The van der Waals surface area contributed by atoms with Crippen molar-refractivity contribution in [3.05, 3.63) is 22.3 Å². The molecule has 3 N–H and O–H groups in total. The number of rotatable bonds is 7. The van der Waals surface area contributed by atoms with E-state index in [1.54, 1.807) is 5.38 Å². The molecule has 10 nitrogen and oxygen atoms in total. The Labute approximate surface area is 215 Å². The Balaban J connectivity index is 1.35. The zero-order chi connectivity index (χ0) is 25.4. The molecule has 13 heteroatoms. The molecule has 1 aromatic rings. The van der Waals surface area contributed by atoms with Crippen LogP contribution in [0.5, 0.6) is 0 Å². The smallest absolute Gasteiger partial charge is 0.287 e. The van der Waals surface area contributed by atoms with Gasteiger partial charge in [-0.2, -0.15) is 8.42 Å². The second-order valence-electron chi connectivity index (χ2n) is 10.7. The molecule has 2 bridgehead atoms. The third-order valence-electron chi connectivity index (χ3n) is 8.56. The average molecular weight is 555 g/mol. The third-order valence-corrected chi connectivity index (χ3v) is 11.7. The van der Waals surface area contributed by atoms with Gasteiger partial charge >= 0.3 is 0 Å². The van der Waals surface area contributed by atoms with Gasteiger partial charge in [0.2, 0.25) is 10.0 Å². The number of nitrogens with zero attached hydrogens (tertiary/aromatic N) is 2. The van der Waals surface area contributed by atoms with Gasteiger partial charge in [0.15, 0.2) is 5.84 Å². The molecule has 0 aromatic carbocycles. The predicted octanol–water partition coefficient (Wildman–Crippen LogP) is 2.57. The first-order valence-electron chi connectivity index (χ1n) is 12.4. The molecule has 5 aliphatic rings. The molecular weight excluding hydrogens is 524 g/mol. The zero-order valence-corrected chi connectivity index (χ0v) is 22.4. The zero-order valence-electron chi connectivity index (χ0n) is 19.9. The summed E-state index contributed by atoms with van der Waals surface area (Å²) in [6, 6.07) is -0.0353. The van der Waals surface area contributed by atoms with E-state index in [1.165, 1.54) is 19.3 Å². The largest absolute Gasteiger partial charge is 0.511 e. The molecule has 1 amide bonds. The molecular formula is C23H30N4O6S3. The maximum atomic E-state index is 13.8. The number of fused-ring (bicyclic) bond motifs is 6. The molecule has 2 aliphatic heterocycles. The van der Waals surface area contributed by atoms with E-state index in [1.807, 2.05) is 4.90 Å². The van der Waals surface area contributed by atoms with Crippen molar-refractivity contribution in [1.29, 1.82) is 0 Å². The standard InChI is InChI=1S/C23H30N4O6S3/c1-35(30,31)24-10-15-11-34-22-20(15)36(32,33)26-21(25-22)17-19(28)16-13-5-6-14(9-13)18(16)27(23(17)29)8-7-12-3-2-4-12/h11-14,16,18,24,28H,2-10H2,1H3,(H,25,26)/t13-,14+,16?,18?/m1/s1. The van der Waals surface area contributed by atoms with E-state index >= 15 is 0 Å². The Hall–Kier alpha value is -1.96. The number of thiophene rings is 1. The number of hydrogen-bond acceptors (Lipinski definition) is 8. The van der Waals surface area contributed by atoms with Gasteiger partial charge in [0.25, 0.3) is 15.9 Å². The summed E-state index contributed by atoms with van der Waals surface area (Å²) in [5, 5.41) is 16.2. The second kappa shape index (κ2) is 8.53. The number of hydrogen-bond donors (Lipinski definition) is 3. The van der Waals surface area contributed by atoms with Crippen molar-refractivity contribution in [2.24, 2.45) is 28.1 Å². The normalized spacial score (nSPS) is 31.1. The van der Waals surface area contributed by atoms with Crippen LogP contribution in [0.2, 0.25) is 0 Å². The monoisotopic (exact) mass is 554 g/mol. The lowest BCUT2D eigenvalue weighted by molar-refractivity contribution is -0.133. The highest BCUT2D eigenvalue weighted by atomic mass is 32.2. The summed E-state index contributed by atoms with van der Waals surface area (Å²) in [5.74, 6) is 0.525. The third kappa shape index (κ3) is 3.98. The highest BCUT2D eigenvalue weighted by Gasteiger charge is 2.57. The van der Waals surface area contributed by atoms with Crippen molar-refractivity contribution in [2.45, 2.75) is 62.4 Å². The fraction of sp³-hybridized carbons (Fsp3) is 0.652. The minimum atomic E-state index is -4.23. The van der Waals surface area contributed by atoms with Gasteiger partial charge in [-0.25, -0.2) is 13.1 Å². The summed E-state index contributed by atoms with van der Waals surface area (Å²) in [7, 11) is -7.75. The molecule has 3 fully saturated rings. The molecule has 0 spiro atoms. The van der Waals surface area contributed by atoms with Crippen LogP contribution in [-0.4, -0.2) is 57.4 Å². The van der Waals surface area contributed by atoms with Gasteiger partial charge < -0.3 is 15.3 Å². The molecule has 196 valence electrons. The topological polar surface area (TPSA) is 145 Å². The Kier molecular flexibility index (Phi) is 5.78. The molecule has 3 saturated carbocycles. The molecule has 4 atom stereocenters. The van der Waals surface area contributed by atoms with Crippen LogP contribution in [0.25, 0.3) is 0 Å². The first-order valence-corrected chi connectivity index (χ1v) is 16.7. The number of carbonyl (C=O) groups is 1. The quantitative estimate of drug-likeness (QED) is 0.470. The Bertz CT molecular complexity index is 1390. The lowest BCUT2D eigenvalue weighted by Crippen LogP contribution is -2.54. The number of sulfonamides is 2. The van der Waals surface area contributed by atoms with Crippen molar-refractivity contribution in [1.82, 2.24) is 9.62 Å². The van der Waals surface area contributed by atoms with Gasteiger partial charge in [-0.3, -0.25) is 4.79 Å². The minimum absolute atomic E-state index is 0.0353. The number of aliphatic hydroxyl groups is 1. The first kappa shape index (κ1) is 24.4. The maximum absolute atomic E-state index is 13.8. The summed E-state index contributed by atoms with van der Waals surface area (Å²) in [5.41, 5.74) is 0.232. The molecule has 3 heterocycles. The predicted molar refractivity (Wildman–Crippen MR) is 136 cm³/mol. The Morgan fingerprint density at radius 2 is 2.00 bits per heavy atom. The fourth-order valence-corrected chi connectivity index (χ4v) is 9.74. The van der Waals surface area contributed by atoms with Crippen LogP contribution in [-0.2, 0) is 31.4 Å². The number of anilines is 1. The van der Waals surface area contributed by atoms with Crippen LogP contribution in [0.4, 0.5) is 5.00 Å². The van der Waals surface area contributed by atoms with Crippen molar-refractivity contribution < 1.29 is 26.7 Å². The van der Waals surface area contributed by atoms with Crippen LogP contribution in [0, 0.1) is 23.7 Å². The molecule has 6 rings (SSSR count). The van der Waals surface area contributed by atoms with Gasteiger partial charge in [0.05, 0.1) is 6.26 Å². The van der Waals surface area contributed by atoms with Gasteiger partial charge in [0, 0.05) is 30.6 Å². The average Bonchev–Trinajstić information content (AvgIpc) is 3.47. The van der Waals surface area contributed by atoms with Crippen LogP contribution in [0.3, 0.4) is 0 Å². The lowest BCUT2D eigenvalue weighted by atomic mass is 9.77. The number of amides is 1. The first-order chi connectivity index (χ1) is 17.0.